The number of aliphatic imine (C=N–C) groups is 1. The highest BCUT2D eigenvalue weighted by molar-refractivity contribution is 6.37. The lowest BCUT2D eigenvalue weighted by Gasteiger charge is -2.33. The molecule has 0 fully saturated rings. The van der Waals surface area contributed by atoms with Crippen molar-refractivity contribution in [3.8, 4) is 0 Å². The Labute approximate surface area is 193 Å². The quantitative estimate of drug-likeness (QED) is 0.667. The summed E-state index contributed by atoms with van der Waals surface area (Å²) < 4.78 is 0. The molecule has 2 atom stereocenters. The Bertz CT molecular complexity index is 958. The summed E-state index contributed by atoms with van der Waals surface area (Å²) in [5, 5.41) is 10.1. The number of nitrogens with zero attached hydrogens (tertiary/aromatic N) is 3. The summed E-state index contributed by atoms with van der Waals surface area (Å²) in [5.41, 5.74) is 3.62. The first kappa shape index (κ1) is 23.9. The molecule has 2 amide bonds. The third-order valence-corrected chi connectivity index (χ3v) is 6.79. The Kier molecular flexibility index (Phi) is 7.58. The summed E-state index contributed by atoms with van der Waals surface area (Å²) in [4.78, 5) is 33.6. The zero-order valence-electron chi connectivity index (χ0n) is 18.4. The van der Waals surface area contributed by atoms with Crippen LogP contribution < -0.4 is 0 Å². The predicted molar refractivity (Wildman–Crippen MR) is 124 cm³/mol. The van der Waals surface area contributed by atoms with E-state index in [0.29, 0.717) is 47.4 Å². The van der Waals surface area contributed by atoms with E-state index in [2.05, 4.69) is 4.99 Å². The molecule has 0 aliphatic carbocycles. The molecule has 0 radical (unpaired) electrons. The predicted octanol–water partition coefficient (Wildman–Crippen LogP) is 3.58. The second-order valence-electron chi connectivity index (χ2n) is 8.54. The molecular formula is C23H29Cl2N3O3. The van der Waals surface area contributed by atoms with E-state index in [-0.39, 0.29) is 30.9 Å². The molecule has 1 N–H and O–H groups in total. The summed E-state index contributed by atoms with van der Waals surface area (Å²) in [6.07, 6.45) is 2.48. The highest BCUT2D eigenvalue weighted by Gasteiger charge is 2.34. The van der Waals surface area contributed by atoms with Crippen molar-refractivity contribution in [2.75, 3.05) is 39.8 Å². The van der Waals surface area contributed by atoms with E-state index in [1.807, 2.05) is 37.9 Å². The molecule has 0 bridgehead atoms. The van der Waals surface area contributed by atoms with E-state index < -0.39 is 5.92 Å². The van der Waals surface area contributed by atoms with Crippen LogP contribution in [-0.4, -0.2) is 72.3 Å². The van der Waals surface area contributed by atoms with Crippen LogP contribution in [0.2, 0.25) is 10.0 Å². The molecule has 2 aliphatic heterocycles. The van der Waals surface area contributed by atoms with E-state index in [9.17, 15) is 9.59 Å². The number of hydrogen-bond acceptors (Lipinski definition) is 4. The Morgan fingerprint density at radius 2 is 2.03 bits per heavy atom. The van der Waals surface area contributed by atoms with Crippen molar-refractivity contribution in [3.05, 3.63) is 44.5 Å². The molecule has 2 unspecified atom stereocenters. The van der Waals surface area contributed by atoms with E-state index >= 15 is 0 Å². The Balaban J connectivity index is 1.88. The lowest BCUT2D eigenvalue weighted by Crippen LogP contribution is -2.43. The van der Waals surface area contributed by atoms with Gasteiger partial charge in [-0.3, -0.25) is 9.59 Å². The number of benzene rings is 1. The number of amides is 2. The minimum absolute atomic E-state index is 0.0254. The summed E-state index contributed by atoms with van der Waals surface area (Å²) in [5.74, 6) is -0.817. The fraction of sp³-hybridized carbons (Fsp3) is 0.522. The average molecular weight is 466 g/mol. The third kappa shape index (κ3) is 5.03. The van der Waals surface area contributed by atoms with Crippen LogP contribution in [0, 0.1) is 5.92 Å². The number of fused-ring (bicyclic) bond motifs is 1. The Hall–Kier alpha value is -1.73. The number of dihydropyridines is 1. The SMILES string of the molecule is CC1=CC(C)=NC(=O)C1CN1CCc2c(Cl)cc(C(C)CN(C)CCO)c(Cl)c2C1=O. The maximum absolute atomic E-state index is 13.4. The first-order valence-electron chi connectivity index (χ1n) is 10.5. The van der Waals surface area contributed by atoms with E-state index in [0.717, 1.165) is 16.7 Å². The lowest BCUT2D eigenvalue weighted by molar-refractivity contribution is -0.120. The van der Waals surface area contributed by atoms with Crippen molar-refractivity contribution in [3.63, 3.8) is 0 Å². The van der Waals surface area contributed by atoms with Gasteiger partial charge in [-0.05, 0) is 56.5 Å². The van der Waals surface area contributed by atoms with Gasteiger partial charge in [0, 0.05) is 36.9 Å². The summed E-state index contributed by atoms with van der Waals surface area (Å²) >= 11 is 13.3. The first-order valence-corrected chi connectivity index (χ1v) is 11.3. The van der Waals surface area contributed by atoms with Crippen LogP contribution in [-0.2, 0) is 11.2 Å². The van der Waals surface area contributed by atoms with Gasteiger partial charge in [0.15, 0.2) is 0 Å². The van der Waals surface area contributed by atoms with Crippen molar-refractivity contribution >= 4 is 40.7 Å². The zero-order chi connectivity index (χ0) is 22.9. The van der Waals surface area contributed by atoms with Crippen molar-refractivity contribution in [2.45, 2.75) is 33.1 Å². The van der Waals surface area contributed by atoms with Gasteiger partial charge in [-0.25, -0.2) is 4.99 Å². The van der Waals surface area contributed by atoms with Crippen molar-refractivity contribution in [1.29, 1.82) is 0 Å². The number of hydrogen-bond donors (Lipinski definition) is 1. The summed E-state index contributed by atoms with van der Waals surface area (Å²) in [6.45, 7) is 7.78. The molecule has 168 valence electrons. The number of likely N-dealkylation sites (N-methyl/N-ethyl adjacent to an activating group) is 1. The normalized spacial score (nSPS) is 20.0. The molecule has 0 spiro atoms. The molecular weight excluding hydrogens is 437 g/mol. The molecule has 1 aromatic rings. The van der Waals surface area contributed by atoms with Crippen LogP contribution in [0.3, 0.4) is 0 Å². The maximum Gasteiger partial charge on any atom is 0.255 e. The van der Waals surface area contributed by atoms with Crippen LogP contribution in [0.25, 0.3) is 0 Å². The minimum Gasteiger partial charge on any atom is -0.395 e. The van der Waals surface area contributed by atoms with Crippen LogP contribution in [0.15, 0.2) is 22.7 Å². The van der Waals surface area contributed by atoms with Crippen molar-refractivity contribution in [2.24, 2.45) is 10.9 Å². The molecule has 31 heavy (non-hydrogen) atoms. The number of aliphatic hydroxyl groups excluding tert-OH is 1. The van der Waals surface area contributed by atoms with Crippen LogP contribution in [0.1, 0.15) is 48.2 Å². The van der Waals surface area contributed by atoms with E-state index in [1.165, 1.54) is 0 Å². The molecule has 6 nitrogen and oxygen atoms in total. The van der Waals surface area contributed by atoms with Gasteiger partial charge in [-0.2, -0.15) is 0 Å². The molecule has 3 rings (SSSR count). The topological polar surface area (TPSA) is 73.2 Å². The number of aliphatic hydroxyl groups is 1. The van der Waals surface area contributed by atoms with Gasteiger partial charge in [0.05, 0.1) is 23.1 Å². The molecule has 2 heterocycles. The molecule has 8 heteroatoms. The molecule has 0 saturated heterocycles. The zero-order valence-corrected chi connectivity index (χ0v) is 19.9. The number of rotatable bonds is 7. The Morgan fingerprint density at radius 1 is 1.32 bits per heavy atom. The average Bonchev–Trinajstić information content (AvgIpc) is 2.68. The largest absolute Gasteiger partial charge is 0.395 e. The van der Waals surface area contributed by atoms with Crippen LogP contribution >= 0.6 is 23.2 Å². The van der Waals surface area contributed by atoms with Gasteiger partial charge >= 0.3 is 0 Å². The smallest absolute Gasteiger partial charge is 0.255 e. The standard InChI is InChI=1S/C23H29Cl2N3O3/c1-13-9-15(3)26-22(30)18(13)12-28-6-5-16-19(24)10-17(21(25)20(16)23(28)31)14(2)11-27(4)7-8-29/h9-10,14,18,29H,5-8,11-12H2,1-4H3. The highest BCUT2D eigenvalue weighted by Crippen LogP contribution is 2.38. The number of halogens is 2. The molecule has 1 aromatic carbocycles. The summed E-state index contributed by atoms with van der Waals surface area (Å²) in [6, 6.07) is 1.86. The summed E-state index contributed by atoms with van der Waals surface area (Å²) in [7, 11) is 1.93. The minimum atomic E-state index is -0.433. The van der Waals surface area contributed by atoms with Crippen LogP contribution in [0.4, 0.5) is 0 Å². The maximum atomic E-state index is 13.4. The van der Waals surface area contributed by atoms with Gasteiger partial charge in [0.1, 0.15) is 0 Å². The lowest BCUT2D eigenvalue weighted by atomic mass is 9.90. The Morgan fingerprint density at radius 3 is 2.68 bits per heavy atom. The number of carbonyl (C=O) groups is 2. The van der Waals surface area contributed by atoms with E-state index in [1.54, 1.807) is 11.8 Å². The first-order chi connectivity index (χ1) is 14.6. The van der Waals surface area contributed by atoms with Gasteiger partial charge in [0.2, 0.25) is 0 Å². The number of carbonyl (C=O) groups excluding carboxylic acids is 2. The van der Waals surface area contributed by atoms with Gasteiger partial charge in [-0.1, -0.05) is 35.7 Å². The fourth-order valence-corrected chi connectivity index (χ4v) is 5.11. The van der Waals surface area contributed by atoms with Gasteiger partial charge < -0.3 is 14.9 Å². The van der Waals surface area contributed by atoms with Crippen LogP contribution in [0.5, 0.6) is 0 Å². The van der Waals surface area contributed by atoms with Crippen molar-refractivity contribution < 1.29 is 14.7 Å². The monoisotopic (exact) mass is 465 g/mol. The molecule has 0 aromatic heterocycles. The highest BCUT2D eigenvalue weighted by atomic mass is 35.5. The van der Waals surface area contributed by atoms with Gasteiger partial charge in [-0.15, -0.1) is 0 Å². The third-order valence-electron chi connectivity index (χ3n) is 6.05. The molecule has 2 aliphatic rings. The van der Waals surface area contributed by atoms with E-state index in [4.69, 9.17) is 28.3 Å². The van der Waals surface area contributed by atoms with Gasteiger partial charge in [0.25, 0.3) is 11.8 Å². The fourth-order valence-electron chi connectivity index (χ4n) is 4.37. The molecule has 0 saturated carbocycles. The number of allylic oxidation sites excluding steroid dienone is 1. The second kappa shape index (κ2) is 9.82. The van der Waals surface area contributed by atoms with Crippen molar-refractivity contribution in [1.82, 2.24) is 9.80 Å². The second-order valence-corrected chi connectivity index (χ2v) is 9.32.